The zero-order chi connectivity index (χ0) is 23.0. The van der Waals surface area contributed by atoms with Crippen LogP contribution in [0.3, 0.4) is 0 Å². The van der Waals surface area contributed by atoms with Crippen molar-refractivity contribution in [3.63, 3.8) is 0 Å². The molecule has 0 fully saturated rings. The number of nitrogen functional groups attached to an aromatic ring is 1. The standard InChI is InChI=1S/C31H22N2O/c1-2-33-27-9-4-3-8-22(27)25-16-21(32)17-26(30(25)33)31(34)24-15-13-20-11-10-18-6-5-7-19-12-14-23(24)29(20)28(18)19/h3-17H,2,32H2,1H3. The maximum atomic E-state index is 14.2. The first-order valence-electron chi connectivity index (χ1n) is 11.7. The summed E-state index contributed by atoms with van der Waals surface area (Å²) in [5, 5.41) is 9.04. The number of aryl methyl sites for hydroxylation is 1. The Morgan fingerprint density at radius 2 is 1.41 bits per heavy atom. The summed E-state index contributed by atoms with van der Waals surface area (Å²) in [4.78, 5) is 14.2. The van der Waals surface area contributed by atoms with Crippen LogP contribution in [0.2, 0.25) is 0 Å². The summed E-state index contributed by atoms with van der Waals surface area (Å²) in [7, 11) is 0. The highest BCUT2D eigenvalue weighted by Crippen LogP contribution is 2.38. The molecule has 0 unspecified atom stereocenters. The van der Waals surface area contributed by atoms with E-state index in [2.05, 4.69) is 72.2 Å². The Balaban J connectivity index is 1.58. The largest absolute Gasteiger partial charge is 0.399 e. The van der Waals surface area contributed by atoms with Crippen LogP contribution >= 0.6 is 0 Å². The number of rotatable bonds is 3. The molecule has 7 rings (SSSR count). The van der Waals surface area contributed by atoms with Gasteiger partial charge in [0.25, 0.3) is 0 Å². The van der Waals surface area contributed by atoms with Crippen molar-refractivity contribution in [2.75, 3.05) is 5.73 Å². The van der Waals surface area contributed by atoms with Crippen LogP contribution in [0.1, 0.15) is 22.8 Å². The van der Waals surface area contributed by atoms with Crippen molar-refractivity contribution < 1.29 is 4.79 Å². The van der Waals surface area contributed by atoms with Gasteiger partial charge in [-0.3, -0.25) is 4.79 Å². The lowest BCUT2D eigenvalue weighted by Crippen LogP contribution is -2.07. The lowest BCUT2D eigenvalue weighted by Gasteiger charge is -2.15. The van der Waals surface area contributed by atoms with Gasteiger partial charge in [-0.05, 0) is 63.5 Å². The van der Waals surface area contributed by atoms with Crippen molar-refractivity contribution >= 4 is 65.6 Å². The molecular weight excluding hydrogens is 416 g/mol. The molecule has 1 heterocycles. The smallest absolute Gasteiger partial charge is 0.195 e. The van der Waals surface area contributed by atoms with Crippen molar-refractivity contribution in [3.8, 4) is 0 Å². The molecule has 0 amide bonds. The highest BCUT2D eigenvalue weighted by molar-refractivity contribution is 6.30. The molecule has 0 saturated heterocycles. The summed E-state index contributed by atoms with van der Waals surface area (Å²) in [5.41, 5.74) is 10.4. The molecule has 3 heteroatoms. The van der Waals surface area contributed by atoms with E-state index in [1.165, 1.54) is 16.2 Å². The van der Waals surface area contributed by atoms with Gasteiger partial charge >= 0.3 is 0 Å². The second kappa shape index (κ2) is 6.82. The first-order chi connectivity index (χ1) is 16.7. The molecule has 0 radical (unpaired) electrons. The molecule has 7 aromatic rings. The van der Waals surface area contributed by atoms with Crippen molar-refractivity contribution in [3.05, 3.63) is 102 Å². The number of aromatic nitrogens is 1. The van der Waals surface area contributed by atoms with Gasteiger partial charge in [0.05, 0.1) is 5.52 Å². The molecule has 0 aliphatic heterocycles. The van der Waals surface area contributed by atoms with Gasteiger partial charge in [-0.2, -0.15) is 0 Å². The lowest BCUT2D eigenvalue weighted by molar-refractivity contribution is 0.104. The van der Waals surface area contributed by atoms with Gasteiger partial charge in [0, 0.05) is 39.6 Å². The van der Waals surface area contributed by atoms with Gasteiger partial charge in [-0.15, -0.1) is 0 Å². The van der Waals surface area contributed by atoms with Crippen LogP contribution in [-0.4, -0.2) is 10.4 Å². The van der Waals surface area contributed by atoms with E-state index in [1.54, 1.807) is 0 Å². The van der Waals surface area contributed by atoms with Crippen LogP contribution in [-0.2, 0) is 6.54 Å². The molecule has 2 N–H and O–H groups in total. The minimum absolute atomic E-state index is 0.00717. The Labute approximate surface area is 196 Å². The fraction of sp³-hybridized carbons (Fsp3) is 0.0645. The van der Waals surface area contributed by atoms with Crippen molar-refractivity contribution in [1.82, 2.24) is 4.57 Å². The number of nitrogens with zero attached hydrogens (tertiary/aromatic N) is 1. The van der Waals surface area contributed by atoms with Crippen LogP contribution in [0.15, 0.2) is 91.0 Å². The zero-order valence-corrected chi connectivity index (χ0v) is 18.8. The second-order valence-corrected chi connectivity index (χ2v) is 9.02. The van der Waals surface area contributed by atoms with Crippen LogP contribution in [0.5, 0.6) is 0 Å². The third-order valence-electron chi connectivity index (χ3n) is 7.22. The van der Waals surface area contributed by atoms with E-state index in [-0.39, 0.29) is 5.78 Å². The number of nitrogens with two attached hydrogens (primary N) is 1. The summed E-state index contributed by atoms with van der Waals surface area (Å²) in [6.07, 6.45) is 0. The molecule has 0 atom stereocenters. The van der Waals surface area contributed by atoms with Crippen molar-refractivity contribution in [2.45, 2.75) is 13.5 Å². The van der Waals surface area contributed by atoms with Crippen molar-refractivity contribution in [2.24, 2.45) is 0 Å². The van der Waals surface area contributed by atoms with Gasteiger partial charge in [0.15, 0.2) is 5.78 Å². The highest BCUT2D eigenvalue weighted by Gasteiger charge is 2.22. The predicted molar refractivity (Wildman–Crippen MR) is 143 cm³/mol. The van der Waals surface area contributed by atoms with E-state index in [0.717, 1.165) is 44.5 Å². The third kappa shape index (κ3) is 2.44. The van der Waals surface area contributed by atoms with E-state index >= 15 is 0 Å². The van der Waals surface area contributed by atoms with E-state index in [9.17, 15) is 4.79 Å². The second-order valence-electron chi connectivity index (χ2n) is 9.02. The number of hydrogen-bond donors (Lipinski definition) is 1. The number of carbonyl (C=O) groups is 1. The fourth-order valence-electron chi connectivity index (χ4n) is 5.79. The summed E-state index contributed by atoms with van der Waals surface area (Å²) < 4.78 is 2.23. The van der Waals surface area contributed by atoms with Gasteiger partial charge < -0.3 is 10.3 Å². The number of para-hydroxylation sites is 1. The molecule has 3 nitrogen and oxygen atoms in total. The minimum Gasteiger partial charge on any atom is -0.399 e. The lowest BCUT2D eigenvalue weighted by atomic mass is 9.89. The van der Waals surface area contributed by atoms with Crippen LogP contribution in [0, 0.1) is 0 Å². The predicted octanol–water partition coefficient (Wildman–Crippen LogP) is 7.53. The number of anilines is 1. The zero-order valence-electron chi connectivity index (χ0n) is 18.8. The van der Waals surface area contributed by atoms with Crippen LogP contribution in [0.25, 0.3) is 54.1 Å². The highest BCUT2D eigenvalue weighted by atomic mass is 16.1. The average molecular weight is 439 g/mol. The van der Waals surface area contributed by atoms with E-state index in [4.69, 9.17) is 5.73 Å². The molecule has 1 aromatic heterocycles. The normalized spacial score (nSPS) is 12.0. The maximum Gasteiger partial charge on any atom is 0.195 e. The first-order valence-corrected chi connectivity index (χ1v) is 11.7. The molecule has 162 valence electrons. The Bertz CT molecular complexity index is 1910. The summed E-state index contributed by atoms with van der Waals surface area (Å²) in [5.74, 6) is 0.00717. The molecule has 6 aromatic carbocycles. The Morgan fingerprint density at radius 1 is 0.706 bits per heavy atom. The Morgan fingerprint density at radius 3 is 2.21 bits per heavy atom. The molecule has 0 aliphatic rings. The Hall–Kier alpha value is -4.37. The van der Waals surface area contributed by atoms with Gasteiger partial charge in [-0.25, -0.2) is 0 Å². The molecule has 0 spiro atoms. The van der Waals surface area contributed by atoms with Crippen LogP contribution < -0.4 is 5.73 Å². The molecule has 0 bridgehead atoms. The summed E-state index contributed by atoms with van der Waals surface area (Å²) in [6, 6.07) is 31.0. The monoisotopic (exact) mass is 438 g/mol. The number of fused-ring (bicyclic) bond motifs is 3. The molecule has 0 saturated carbocycles. The number of benzene rings is 6. The molecule has 34 heavy (non-hydrogen) atoms. The van der Waals surface area contributed by atoms with Gasteiger partial charge in [0.2, 0.25) is 0 Å². The Kier molecular flexibility index (Phi) is 3.83. The fourth-order valence-corrected chi connectivity index (χ4v) is 5.79. The van der Waals surface area contributed by atoms with E-state index < -0.39 is 0 Å². The maximum absolute atomic E-state index is 14.2. The van der Waals surface area contributed by atoms with Crippen molar-refractivity contribution in [1.29, 1.82) is 0 Å². The minimum atomic E-state index is 0.00717. The van der Waals surface area contributed by atoms with Gasteiger partial charge in [0.1, 0.15) is 0 Å². The van der Waals surface area contributed by atoms with Gasteiger partial charge in [-0.1, -0.05) is 66.7 Å². The van der Waals surface area contributed by atoms with E-state index in [1.807, 2.05) is 30.3 Å². The molecular formula is C31H22N2O. The third-order valence-corrected chi connectivity index (χ3v) is 7.22. The molecule has 0 aliphatic carbocycles. The first kappa shape index (κ1) is 19.1. The topological polar surface area (TPSA) is 48.0 Å². The summed E-state index contributed by atoms with van der Waals surface area (Å²) >= 11 is 0. The van der Waals surface area contributed by atoms with Crippen LogP contribution in [0.4, 0.5) is 5.69 Å². The average Bonchev–Trinajstić information content (AvgIpc) is 3.19. The SMILES string of the molecule is CCn1c2ccccc2c2cc(N)cc(C(=O)c3ccc4ccc5cccc6ccc3c4c56)c21. The number of hydrogen-bond acceptors (Lipinski definition) is 2. The number of carbonyl (C=O) groups excluding carboxylic acids is 1. The quantitative estimate of drug-likeness (QED) is 0.176. The number of ketones is 1. The van der Waals surface area contributed by atoms with E-state index in [0.29, 0.717) is 16.8 Å². The summed E-state index contributed by atoms with van der Waals surface area (Å²) in [6.45, 7) is 2.89.